The zero-order valence-electron chi connectivity index (χ0n) is 6.41. The fourth-order valence-electron chi connectivity index (χ4n) is 1.02. The molecule has 0 saturated heterocycles. The first-order chi connectivity index (χ1) is 5.79. The summed E-state index contributed by atoms with van der Waals surface area (Å²) in [4.78, 5) is 10.6. The number of halogens is 1. The summed E-state index contributed by atoms with van der Waals surface area (Å²) in [5.74, 6) is -0.986. The molecule has 0 radical (unpaired) electrons. The Morgan fingerprint density at radius 2 is 2.23 bits per heavy atom. The van der Waals surface area contributed by atoms with Gasteiger partial charge in [0, 0.05) is 0 Å². The number of nitrogens with zero attached hydrogens (tertiary/aromatic N) is 3. The number of pyridine rings is 1. The Balaban J connectivity index is 0.000000845. The Morgan fingerprint density at radius 3 is 2.92 bits per heavy atom. The first kappa shape index (κ1) is 9.47. The first-order valence-corrected chi connectivity index (χ1v) is 3.31. The highest BCUT2D eigenvalue weighted by Gasteiger charge is 2.06. The van der Waals surface area contributed by atoms with Crippen LogP contribution in [0, 0.1) is 0 Å². The average Bonchev–Trinajstić information content (AvgIpc) is 2.49. The molecule has 2 rings (SSSR count). The summed E-state index contributed by atoms with van der Waals surface area (Å²) < 4.78 is 1.42. The van der Waals surface area contributed by atoms with Crippen LogP contribution in [0.5, 0.6) is 0 Å². The Bertz CT molecular complexity index is 440. The van der Waals surface area contributed by atoms with Gasteiger partial charge in [-0.2, -0.15) is 0 Å². The maximum absolute atomic E-state index is 10.6. The van der Waals surface area contributed by atoms with Crippen LogP contribution in [0.25, 0.3) is 5.65 Å². The minimum Gasteiger partial charge on any atom is -0.477 e. The van der Waals surface area contributed by atoms with Gasteiger partial charge in [0.05, 0.1) is 0 Å². The minimum atomic E-state index is -0.986. The summed E-state index contributed by atoms with van der Waals surface area (Å²) >= 11 is 0. The Hall–Kier alpha value is -1.62. The van der Waals surface area contributed by atoms with Gasteiger partial charge in [-0.05, 0) is 12.1 Å². The number of aromatic nitrogens is 3. The van der Waals surface area contributed by atoms with Crippen molar-refractivity contribution >= 4 is 24.0 Å². The van der Waals surface area contributed by atoms with Crippen molar-refractivity contribution in [3.63, 3.8) is 0 Å². The number of hydrogen-bond donors (Lipinski definition) is 1. The van der Waals surface area contributed by atoms with Crippen LogP contribution in [-0.4, -0.2) is 25.7 Å². The monoisotopic (exact) mass is 199 g/mol. The van der Waals surface area contributed by atoms with Crippen LogP contribution < -0.4 is 0 Å². The molecule has 1 N–H and O–H groups in total. The molecular formula is C7H6ClN3O2. The molecule has 68 valence electrons. The van der Waals surface area contributed by atoms with Gasteiger partial charge in [-0.15, -0.1) is 22.6 Å². The van der Waals surface area contributed by atoms with Crippen molar-refractivity contribution in [3.05, 3.63) is 30.2 Å². The number of rotatable bonds is 1. The molecule has 5 nitrogen and oxygen atoms in total. The van der Waals surface area contributed by atoms with E-state index in [-0.39, 0.29) is 18.1 Å². The molecule has 0 spiro atoms. The number of aromatic carboxylic acids is 1. The molecule has 0 aliphatic rings. The van der Waals surface area contributed by atoms with Gasteiger partial charge in [0.25, 0.3) is 0 Å². The minimum absolute atomic E-state index is 0. The van der Waals surface area contributed by atoms with Crippen molar-refractivity contribution < 1.29 is 9.90 Å². The maximum Gasteiger partial charge on any atom is 0.352 e. The summed E-state index contributed by atoms with van der Waals surface area (Å²) in [6.45, 7) is 0. The van der Waals surface area contributed by atoms with Crippen molar-refractivity contribution in [1.29, 1.82) is 0 Å². The molecule has 2 heterocycles. The molecule has 0 unspecified atom stereocenters. The summed E-state index contributed by atoms with van der Waals surface area (Å²) in [6, 6.07) is 4.82. The van der Waals surface area contributed by atoms with E-state index in [4.69, 9.17) is 5.11 Å². The van der Waals surface area contributed by atoms with Crippen LogP contribution in [0.15, 0.2) is 24.5 Å². The Kier molecular flexibility index (Phi) is 2.48. The second-order valence-corrected chi connectivity index (χ2v) is 2.28. The summed E-state index contributed by atoms with van der Waals surface area (Å²) in [5, 5.41) is 16.0. The van der Waals surface area contributed by atoms with Crippen LogP contribution >= 0.6 is 12.4 Å². The highest BCUT2D eigenvalue weighted by Crippen LogP contribution is 2.03. The van der Waals surface area contributed by atoms with Gasteiger partial charge >= 0.3 is 5.97 Å². The van der Waals surface area contributed by atoms with E-state index in [1.165, 1.54) is 16.8 Å². The lowest BCUT2D eigenvalue weighted by molar-refractivity contribution is 0.0689. The standard InChI is InChI=1S/C7H5N3O2.ClH/c11-7(12)5-2-1-3-6-9-8-4-10(5)6;/h1-4H,(H,11,12);1H. The van der Waals surface area contributed by atoms with E-state index >= 15 is 0 Å². The van der Waals surface area contributed by atoms with E-state index in [0.29, 0.717) is 5.65 Å². The fraction of sp³-hybridized carbons (Fsp3) is 0. The van der Waals surface area contributed by atoms with E-state index in [9.17, 15) is 4.79 Å². The molecule has 0 amide bonds. The van der Waals surface area contributed by atoms with Gasteiger partial charge in [0.15, 0.2) is 5.65 Å². The highest BCUT2D eigenvalue weighted by atomic mass is 35.5. The largest absolute Gasteiger partial charge is 0.477 e. The SMILES string of the molecule is Cl.O=C(O)c1cccc2nncn12. The lowest BCUT2D eigenvalue weighted by Crippen LogP contribution is -2.03. The third kappa shape index (κ3) is 1.46. The smallest absolute Gasteiger partial charge is 0.352 e. The molecule has 0 aromatic carbocycles. The molecule has 0 aliphatic heterocycles. The van der Waals surface area contributed by atoms with Gasteiger partial charge in [-0.25, -0.2) is 4.79 Å². The van der Waals surface area contributed by atoms with Crippen LogP contribution in [0.4, 0.5) is 0 Å². The van der Waals surface area contributed by atoms with E-state index in [2.05, 4.69) is 10.2 Å². The Labute approximate surface area is 79.4 Å². The van der Waals surface area contributed by atoms with Crippen LogP contribution in [-0.2, 0) is 0 Å². The second kappa shape index (κ2) is 3.40. The summed E-state index contributed by atoms with van der Waals surface area (Å²) in [6.07, 6.45) is 1.37. The lowest BCUT2D eigenvalue weighted by Gasteiger charge is -1.96. The third-order valence-electron chi connectivity index (χ3n) is 1.55. The average molecular weight is 200 g/mol. The lowest BCUT2D eigenvalue weighted by atomic mass is 10.3. The number of carboxylic acids is 1. The van der Waals surface area contributed by atoms with E-state index in [1.807, 2.05) is 0 Å². The number of fused-ring (bicyclic) bond motifs is 1. The van der Waals surface area contributed by atoms with Crippen molar-refractivity contribution in [2.45, 2.75) is 0 Å². The topological polar surface area (TPSA) is 67.5 Å². The number of carbonyl (C=O) groups is 1. The molecular weight excluding hydrogens is 194 g/mol. The van der Waals surface area contributed by atoms with Gasteiger partial charge in [0.1, 0.15) is 12.0 Å². The Morgan fingerprint density at radius 1 is 1.46 bits per heavy atom. The number of hydrogen-bond acceptors (Lipinski definition) is 3. The van der Waals surface area contributed by atoms with Crippen molar-refractivity contribution in [3.8, 4) is 0 Å². The van der Waals surface area contributed by atoms with Crippen LogP contribution in [0.3, 0.4) is 0 Å². The maximum atomic E-state index is 10.6. The third-order valence-corrected chi connectivity index (χ3v) is 1.55. The quantitative estimate of drug-likeness (QED) is 0.740. The zero-order valence-corrected chi connectivity index (χ0v) is 7.23. The van der Waals surface area contributed by atoms with Crippen LogP contribution in [0.2, 0.25) is 0 Å². The molecule has 2 aromatic rings. The molecule has 2 aromatic heterocycles. The van der Waals surface area contributed by atoms with Gasteiger partial charge in [0.2, 0.25) is 0 Å². The fourth-order valence-corrected chi connectivity index (χ4v) is 1.02. The molecule has 0 saturated carbocycles. The van der Waals surface area contributed by atoms with Crippen LogP contribution in [0.1, 0.15) is 10.5 Å². The molecule has 0 bridgehead atoms. The van der Waals surface area contributed by atoms with E-state index < -0.39 is 5.97 Å². The summed E-state index contributed by atoms with van der Waals surface area (Å²) in [5.41, 5.74) is 0.701. The molecule has 0 atom stereocenters. The normalized spacial score (nSPS) is 9.54. The van der Waals surface area contributed by atoms with Gasteiger partial charge < -0.3 is 5.11 Å². The second-order valence-electron chi connectivity index (χ2n) is 2.28. The molecule has 0 aliphatic carbocycles. The molecule has 0 fully saturated rings. The van der Waals surface area contributed by atoms with Crippen molar-refractivity contribution in [1.82, 2.24) is 14.6 Å². The molecule has 6 heteroatoms. The van der Waals surface area contributed by atoms with Crippen molar-refractivity contribution in [2.75, 3.05) is 0 Å². The first-order valence-electron chi connectivity index (χ1n) is 3.31. The van der Waals surface area contributed by atoms with Crippen molar-refractivity contribution in [2.24, 2.45) is 0 Å². The van der Waals surface area contributed by atoms with E-state index in [1.54, 1.807) is 12.1 Å². The summed E-state index contributed by atoms with van der Waals surface area (Å²) in [7, 11) is 0. The predicted octanol–water partition coefficient (Wildman–Crippen LogP) is 0.849. The van der Waals surface area contributed by atoms with Gasteiger partial charge in [-0.3, -0.25) is 4.40 Å². The van der Waals surface area contributed by atoms with E-state index in [0.717, 1.165) is 0 Å². The molecule has 13 heavy (non-hydrogen) atoms. The zero-order chi connectivity index (χ0) is 8.55. The highest BCUT2D eigenvalue weighted by molar-refractivity contribution is 5.86. The predicted molar refractivity (Wildman–Crippen MR) is 47.2 cm³/mol. The van der Waals surface area contributed by atoms with Gasteiger partial charge in [-0.1, -0.05) is 6.07 Å². The number of carboxylic acid groups (broad SMARTS) is 1.